The molecule has 0 heterocycles. The maximum atomic E-state index is 11.4. The van der Waals surface area contributed by atoms with Gasteiger partial charge in [-0.3, -0.25) is 4.79 Å². The fraction of sp³-hybridized carbons (Fsp3) is 0.857. The van der Waals surface area contributed by atoms with Crippen LogP contribution in [0.2, 0.25) is 0 Å². The van der Waals surface area contributed by atoms with Crippen LogP contribution >= 0.6 is 12.0 Å². The van der Waals surface area contributed by atoms with E-state index in [1.165, 1.54) is 19.0 Å². The quantitative estimate of drug-likeness (QED) is 0.310. The van der Waals surface area contributed by atoms with Crippen LogP contribution in [0.3, 0.4) is 0 Å². The molecule has 0 rings (SSSR count). The lowest BCUT2D eigenvalue weighted by atomic mass is 10.3. The summed E-state index contributed by atoms with van der Waals surface area (Å²) in [7, 11) is 0. The molecule has 0 aliphatic heterocycles. The Morgan fingerprint density at radius 1 is 0.826 bits per heavy atom. The summed E-state index contributed by atoms with van der Waals surface area (Å²) < 4.78 is 20.8. The van der Waals surface area contributed by atoms with E-state index in [0.29, 0.717) is 65.8 Å². The average molecular weight is 352 g/mol. The fourth-order valence-electron chi connectivity index (χ4n) is 1.35. The zero-order chi connectivity index (χ0) is 17.2. The van der Waals surface area contributed by atoms with Gasteiger partial charge in [0.25, 0.3) is 0 Å². The minimum atomic E-state index is -0.254. The molecule has 0 aliphatic rings. The number of ketones is 1. The number of hydrogen-bond acceptors (Lipinski definition) is 7. The molecule has 0 aliphatic carbocycles. The van der Waals surface area contributed by atoms with E-state index in [1.807, 2.05) is 6.26 Å². The Hall–Kier alpha value is -0.870. The van der Waals surface area contributed by atoms with Crippen LogP contribution in [0.5, 0.6) is 0 Å². The van der Waals surface area contributed by atoms with Gasteiger partial charge in [0.2, 0.25) is 0 Å². The predicted molar refractivity (Wildman–Crippen MR) is 88.6 cm³/mol. The van der Waals surface area contributed by atoms with E-state index in [1.54, 1.807) is 0 Å². The summed E-state index contributed by atoms with van der Waals surface area (Å²) in [5, 5.41) is 5.34. The molecule has 0 spiro atoms. The first-order valence-corrected chi connectivity index (χ1v) is 8.71. The van der Waals surface area contributed by atoms with Gasteiger partial charge in [-0.1, -0.05) is 0 Å². The van der Waals surface area contributed by atoms with E-state index < -0.39 is 0 Å². The maximum Gasteiger partial charge on any atom is 0.314 e. The standard InChI is InChI=1S/C14H28N2O6S/c1-13(17)3-6-19-9-10-20-7-4-15-14(18)16-5-8-21-11-12-22-23-2/h3-12H2,1-2H3,(H2,15,16,18). The molecule has 0 unspecified atom stereocenters. The Balaban J connectivity index is 3.17. The minimum Gasteiger partial charge on any atom is -0.379 e. The van der Waals surface area contributed by atoms with E-state index in [-0.39, 0.29) is 11.8 Å². The third-order valence-corrected chi connectivity index (χ3v) is 2.87. The van der Waals surface area contributed by atoms with Crippen LogP contribution in [-0.2, 0) is 23.2 Å². The first-order valence-electron chi connectivity index (χ1n) is 7.56. The Bertz CT molecular complexity index is 307. The average Bonchev–Trinajstić information content (AvgIpc) is 2.52. The molecule has 0 aromatic heterocycles. The van der Waals surface area contributed by atoms with Crippen molar-refractivity contribution in [2.75, 3.05) is 65.6 Å². The smallest absolute Gasteiger partial charge is 0.314 e. The lowest BCUT2D eigenvalue weighted by molar-refractivity contribution is -0.118. The third-order valence-electron chi connectivity index (χ3n) is 2.46. The van der Waals surface area contributed by atoms with Gasteiger partial charge in [-0.15, -0.1) is 0 Å². The zero-order valence-electron chi connectivity index (χ0n) is 13.9. The minimum absolute atomic E-state index is 0.111. The third kappa shape index (κ3) is 19.1. The number of ether oxygens (including phenoxy) is 3. The van der Waals surface area contributed by atoms with Crippen molar-refractivity contribution in [2.24, 2.45) is 0 Å². The molecule has 8 nitrogen and oxygen atoms in total. The molecule has 136 valence electrons. The van der Waals surface area contributed by atoms with Gasteiger partial charge in [-0.05, 0) is 19.0 Å². The summed E-state index contributed by atoms with van der Waals surface area (Å²) in [4.78, 5) is 22.1. The topological polar surface area (TPSA) is 95.1 Å². The van der Waals surface area contributed by atoms with Crippen molar-refractivity contribution in [3.8, 4) is 0 Å². The van der Waals surface area contributed by atoms with Crippen LogP contribution in [0, 0.1) is 0 Å². The number of rotatable bonds is 16. The largest absolute Gasteiger partial charge is 0.379 e. The summed E-state index contributed by atoms with van der Waals surface area (Å²) in [6.45, 7) is 5.58. The Morgan fingerprint density at radius 2 is 1.35 bits per heavy atom. The first-order chi connectivity index (χ1) is 11.2. The highest BCUT2D eigenvalue weighted by atomic mass is 32.2. The van der Waals surface area contributed by atoms with E-state index in [9.17, 15) is 9.59 Å². The van der Waals surface area contributed by atoms with Gasteiger partial charge in [-0.25, -0.2) is 4.79 Å². The van der Waals surface area contributed by atoms with Crippen LogP contribution < -0.4 is 10.6 Å². The van der Waals surface area contributed by atoms with Gasteiger partial charge in [0.05, 0.1) is 46.2 Å². The normalized spacial score (nSPS) is 10.5. The molecule has 23 heavy (non-hydrogen) atoms. The Morgan fingerprint density at radius 3 is 1.87 bits per heavy atom. The monoisotopic (exact) mass is 352 g/mol. The SMILES string of the molecule is CSOCCOCCNC(=O)NCCOCCOCCC(C)=O. The summed E-state index contributed by atoms with van der Waals surface area (Å²) in [5.41, 5.74) is 0. The van der Waals surface area contributed by atoms with Gasteiger partial charge in [0.1, 0.15) is 5.78 Å². The molecule has 0 aromatic carbocycles. The predicted octanol–water partition coefficient (Wildman–Crippen LogP) is 0.609. The summed E-state index contributed by atoms with van der Waals surface area (Å²) in [5.74, 6) is 0.111. The Kier molecular flexibility index (Phi) is 16.8. The number of Topliss-reactive ketones (excluding diaryl/α,β-unsaturated/α-hetero) is 1. The highest BCUT2D eigenvalue weighted by Gasteiger charge is 1.99. The van der Waals surface area contributed by atoms with E-state index >= 15 is 0 Å². The highest BCUT2D eigenvalue weighted by Crippen LogP contribution is 1.92. The number of amides is 2. The molecule has 2 N–H and O–H groups in total. The van der Waals surface area contributed by atoms with Crippen molar-refractivity contribution >= 4 is 23.9 Å². The number of urea groups is 1. The van der Waals surface area contributed by atoms with Crippen molar-refractivity contribution in [3.63, 3.8) is 0 Å². The van der Waals surface area contributed by atoms with Crippen LogP contribution in [0.1, 0.15) is 13.3 Å². The van der Waals surface area contributed by atoms with E-state index in [0.717, 1.165) is 0 Å². The van der Waals surface area contributed by atoms with Crippen molar-refractivity contribution in [1.82, 2.24) is 10.6 Å². The lowest BCUT2D eigenvalue weighted by Crippen LogP contribution is -2.39. The molecule has 2 amide bonds. The molecule has 0 saturated carbocycles. The lowest BCUT2D eigenvalue weighted by Gasteiger charge is -2.09. The molecule has 0 saturated heterocycles. The van der Waals surface area contributed by atoms with Gasteiger partial charge in [0, 0.05) is 25.8 Å². The summed E-state index contributed by atoms with van der Waals surface area (Å²) >= 11 is 1.30. The number of carbonyl (C=O) groups is 2. The molecular weight excluding hydrogens is 324 g/mol. The van der Waals surface area contributed by atoms with Gasteiger partial charge < -0.3 is 29.0 Å². The van der Waals surface area contributed by atoms with Gasteiger partial charge in [0.15, 0.2) is 0 Å². The van der Waals surface area contributed by atoms with E-state index in [4.69, 9.17) is 18.4 Å². The number of hydrogen-bond donors (Lipinski definition) is 2. The summed E-state index contributed by atoms with van der Waals surface area (Å²) in [6.07, 6.45) is 2.27. The van der Waals surface area contributed by atoms with Crippen LogP contribution in [0.25, 0.3) is 0 Å². The van der Waals surface area contributed by atoms with Crippen molar-refractivity contribution in [3.05, 3.63) is 0 Å². The highest BCUT2D eigenvalue weighted by molar-refractivity contribution is 7.93. The second-order valence-corrected chi connectivity index (χ2v) is 5.03. The van der Waals surface area contributed by atoms with Crippen LogP contribution in [0.15, 0.2) is 0 Å². The molecule has 0 aromatic rings. The zero-order valence-corrected chi connectivity index (χ0v) is 14.7. The number of nitrogens with one attached hydrogen (secondary N) is 2. The molecule has 0 radical (unpaired) electrons. The molecule has 0 bridgehead atoms. The fourth-order valence-corrected chi connectivity index (χ4v) is 1.59. The first kappa shape index (κ1) is 22.1. The maximum absolute atomic E-state index is 11.4. The van der Waals surface area contributed by atoms with Crippen molar-refractivity contribution in [1.29, 1.82) is 0 Å². The van der Waals surface area contributed by atoms with Gasteiger partial charge in [-0.2, -0.15) is 0 Å². The van der Waals surface area contributed by atoms with Crippen LogP contribution in [0.4, 0.5) is 4.79 Å². The molecular formula is C14H28N2O6S. The molecule has 0 atom stereocenters. The van der Waals surface area contributed by atoms with Crippen LogP contribution in [-0.4, -0.2) is 77.4 Å². The molecule has 0 fully saturated rings. The Labute approximate surface area is 142 Å². The second kappa shape index (κ2) is 17.5. The van der Waals surface area contributed by atoms with Gasteiger partial charge >= 0.3 is 6.03 Å². The molecule has 9 heteroatoms. The second-order valence-electron chi connectivity index (χ2n) is 4.46. The van der Waals surface area contributed by atoms with Crippen molar-refractivity contribution < 1.29 is 28.0 Å². The van der Waals surface area contributed by atoms with E-state index in [2.05, 4.69) is 10.6 Å². The van der Waals surface area contributed by atoms with Crippen molar-refractivity contribution in [2.45, 2.75) is 13.3 Å². The summed E-state index contributed by atoms with van der Waals surface area (Å²) in [6, 6.07) is -0.254. The number of carbonyl (C=O) groups excluding carboxylic acids is 2.